The summed E-state index contributed by atoms with van der Waals surface area (Å²) in [5, 5.41) is 0. The molecule has 0 amide bonds. The zero-order valence-corrected chi connectivity index (χ0v) is 16.4. The van der Waals surface area contributed by atoms with Gasteiger partial charge in [-0.1, -0.05) is 31.5 Å². The highest BCUT2D eigenvalue weighted by Gasteiger charge is 2.54. The van der Waals surface area contributed by atoms with E-state index in [1.54, 1.807) is 0 Å². The molecule has 0 N–H and O–H groups in total. The summed E-state index contributed by atoms with van der Waals surface area (Å²) < 4.78 is 18.9. The van der Waals surface area contributed by atoms with Gasteiger partial charge in [-0.05, 0) is 56.6 Å². The van der Waals surface area contributed by atoms with Crippen molar-refractivity contribution in [2.45, 2.75) is 72.2 Å². The topological polar surface area (TPSA) is 27.7 Å². The smallest absolute Gasteiger partial charge is 0.168 e. The summed E-state index contributed by atoms with van der Waals surface area (Å²) >= 11 is 0. The maximum atomic E-state index is 6.46. The van der Waals surface area contributed by atoms with Crippen LogP contribution < -0.4 is 4.74 Å². The monoisotopic (exact) mass is 344 g/mol. The predicted molar refractivity (Wildman–Crippen MR) is 98.9 cm³/mol. The summed E-state index contributed by atoms with van der Waals surface area (Å²) in [7, 11) is 0. The molecule has 2 aliphatic carbocycles. The highest BCUT2D eigenvalue weighted by molar-refractivity contribution is 5.43. The normalized spacial score (nSPS) is 32.8. The number of aryl methyl sites for hydroxylation is 3. The number of hydrogen-bond acceptors (Lipinski definition) is 3. The van der Waals surface area contributed by atoms with E-state index in [-0.39, 0.29) is 11.2 Å². The third kappa shape index (κ3) is 3.33. The van der Waals surface area contributed by atoms with Crippen LogP contribution >= 0.6 is 0 Å². The zero-order valence-electron chi connectivity index (χ0n) is 16.4. The lowest BCUT2D eigenvalue weighted by atomic mass is 9.94. The van der Waals surface area contributed by atoms with E-state index in [0.717, 1.165) is 44.6 Å². The lowest BCUT2D eigenvalue weighted by Crippen LogP contribution is -2.46. The Kier molecular flexibility index (Phi) is 4.16. The molecule has 0 radical (unpaired) electrons. The van der Waals surface area contributed by atoms with E-state index in [2.05, 4.69) is 46.8 Å². The molecular formula is C22H32O3. The van der Waals surface area contributed by atoms with E-state index >= 15 is 0 Å². The molecule has 1 aromatic rings. The molecule has 3 nitrogen and oxygen atoms in total. The number of ether oxygens (including phenoxy) is 3. The number of rotatable bonds is 2. The molecule has 1 aliphatic heterocycles. The molecule has 2 saturated carbocycles. The van der Waals surface area contributed by atoms with Crippen LogP contribution in [0, 0.1) is 38.0 Å². The third-order valence-corrected chi connectivity index (χ3v) is 6.29. The van der Waals surface area contributed by atoms with Crippen molar-refractivity contribution in [2.75, 3.05) is 13.2 Å². The quantitative estimate of drug-likeness (QED) is 0.760. The summed E-state index contributed by atoms with van der Waals surface area (Å²) in [6.45, 7) is 12.5. The van der Waals surface area contributed by atoms with Crippen LogP contribution in [0.5, 0.6) is 5.75 Å². The Morgan fingerprint density at radius 3 is 1.96 bits per heavy atom. The summed E-state index contributed by atoms with van der Waals surface area (Å²) in [6.07, 6.45) is 4.69. The molecule has 4 rings (SSSR count). The van der Waals surface area contributed by atoms with Crippen LogP contribution in [0.3, 0.4) is 0 Å². The summed E-state index contributed by atoms with van der Waals surface area (Å²) in [5.74, 6) is 2.15. The molecule has 1 aromatic carbocycles. The Hall–Kier alpha value is -1.06. The molecule has 1 unspecified atom stereocenters. The van der Waals surface area contributed by atoms with Crippen LogP contribution in [0.2, 0.25) is 0 Å². The minimum atomic E-state index is -0.300. The fourth-order valence-electron chi connectivity index (χ4n) is 5.13. The standard InChI is InChI=1S/C22H32O3/c1-14-6-15(2)20(16(3)7-14)25-19-8-17-10-22(11-18(17)9-19)23-12-21(4,5)13-24-22/h6-7,17-19H,8-13H2,1-5H3/t17-,18+,19?. The molecule has 1 heterocycles. The highest BCUT2D eigenvalue weighted by Crippen LogP contribution is 2.53. The summed E-state index contributed by atoms with van der Waals surface area (Å²) in [5.41, 5.74) is 3.97. The van der Waals surface area contributed by atoms with Crippen LogP contribution in [-0.2, 0) is 9.47 Å². The minimum Gasteiger partial charge on any atom is -0.490 e. The number of hydrogen-bond donors (Lipinski definition) is 0. The van der Waals surface area contributed by atoms with Crippen LogP contribution in [0.15, 0.2) is 12.1 Å². The molecule has 0 bridgehead atoms. The van der Waals surface area contributed by atoms with Gasteiger partial charge in [-0.25, -0.2) is 0 Å². The van der Waals surface area contributed by atoms with Gasteiger partial charge in [0.25, 0.3) is 0 Å². The fourth-order valence-corrected chi connectivity index (χ4v) is 5.13. The van der Waals surface area contributed by atoms with Crippen LogP contribution in [0.4, 0.5) is 0 Å². The second kappa shape index (κ2) is 5.99. The highest BCUT2D eigenvalue weighted by atomic mass is 16.7. The Balaban J connectivity index is 1.39. The van der Waals surface area contributed by atoms with E-state index in [4.69, 9.17) is 14.2 Å². The Labute approximate surface area is 152 Å². The maximum absolute atomic E-state index is 6.46. The second-order valence-electron chi connectivity index (χ2n) is 9.52. The van der Waals surface area contributed by atoms with Gasteiger partial charge in [0.2, 0.25) is 0 Å². The van der Waals surface area contributed by atoms with Crippen LogP contribution in [-0.4, -0.2) is 25.1 Å². The molecular weight excluding hydrogens is 312 g/mol. The van der Waals surface area contributed by atoms with E-state index in [9.17, 15) is 0 Å². The fraction of sp³-hybridized carbons (Fsp3) is 0.727. The maximum Gasteiger partial charge on any atom is 0.168 e. The van der Waals surface area contributed by atoms with Gasteiger partial charge >= 0.3 is 0 Å². The van der Waals surface area contributed by atoms with Crippen molar-refractivity contribution in [2.24, 2.45) is 17.3 Å². The molecule has 3 atom stereocenters. The molecule has 3 heteroatoms. The van der Waals surface area contributed by atoms with Gasteiger partial charge in [-0.2, -0.15) is 0 Å². The molecule has 25 heavy (non-hydrogen) atoms. The van der Waals surface area contributed by atoms with Gasteiger partial charge in [0.05, 0.1) is 19.3 Å². The predicted octanol–water partition coefficient (Wildman–Crippen LogP) is 4.95. The van der Waals surface area contributed by atoms with Gasteiger partial charge in [-0.15, -0.1) is 0 Å². The molecule has 0 aromatic heterocycles. The minimum absolute atomic E-state index is 0.148. The second-order valence-corrected chi connectivity index (χ2v) is 9.52. The SMILES string of the molecule is Cc1cc(C)c(OC2C[C@@H]3CC4(C[C@@H]3C2)OCC(C)(C)CO4)c(C)c1. The van der Waals surface area contributed by atoms with Gasteiger partial charge in [0, 0.05) is 18.3 Å². The largest absolute Gasteiger partial charge is 0.490 e. The van der Waals surface area contributed by atoms with Crippen LogP contribution in [0.25, 0.3) is 0 Å². The van der Waals surface area contributed by atoms with Crippen molar-refractivity contribution in [3.05, 3.63) is 28.8 Å². The van der Waals surface area contributed by atoms with Gasteiger partial charge in [-0.3, -0.25) is 0 Å². The number of benzene rings is 1. The first kappa shape index (κ1) is 17.4. The van der Waals surface area contributed by atoms with Crippen molar-refractivity contribution < 1.29 is 14.2 Å². The molecule has 1 saturated heterocycles. The zero-order chi connectivity index (χ0) is 17.8. The van der Waals surface area contributed by atoms with Crippen molar-refractivity contribution >= 4 is 0 Å². The van der Waals surface area contributed by atoms with Crippen LogP contribution in [0.1, 0.15) is 56.2 Å². The lowest BCUT2D eigenvalue weighted by Gasteiger charge is -2.42. The number of fused-ring (bicyclic) bond motifs is 1. The first-order valence-electron chi connectivity index (χ1n) is 9.78. The van der Waals surface area contributed by atoms with Crippen molar-refractivity contribution in [1.29, 1.82) is 0 Å². The average Bonchev–Trinajstić information content (AvgIpc) is 3.02. The molecule has 3 fully saturated rings. The lowest BCUT2D eigenvalue weighted by molar-refractivity contribution is -0.297. The Bertz CT molecular complexity index is 614. The van der Waals surface area contributed by atoms with Crippen molar-refractivity contribution in [3.8, 4) is 5.75 Å². The summed E-state index contributed by atoms with van der Waals surface area (Å²) in [6, 6.07) is 4.44. The third-order valence-electron chi connectivity index (χ3n) is 6.29. The summed E-state index contributed by atoms with van der Waals surface area (Å²) in [4.78, 5) is 0. The van der Waals surface area contributed by atoms with Gasteiger partial charge < -0.3 is 14.2 Å². The van der Waals surface area contributed by atoms with E-state index in [0.29, 0.717) is 17.9 Å². The average molecular weight is 344 g/mol. The Morgan fingerprint density at radius 1 is 0.920 bits per heavy atom. The van der Waals surface area contributed by atoms with Gasteiger partial charge in [0.1, 0.15) is 5.75 Å². The van der Waals surface area contributed by atoms with Gasteiger partial charge in [0.15, 0.2) is 5.79 Å². The van der Waals surface area contributed by atoms with Crippen molar-refractivity contribution in [3.63, 3.8) is 0 Å². The van der Waals surface area contributed by atoms with Crippen molar-refractivity contribution in [1.82, 2.24) is 0 Å². The van der Waals surface area contributed by atoms with E-state index in [1.807, 2.05) is 0 Å². The molecule has 138 valence electrons. The van der Waals surface area contributed by atoms with E-state index in [1.165, 1.54) is 16.7 Å². The molecule has 1 spiro atoms. The first-order chi connectivity index (χ1) is 11.8. The Morgan fingerprint density at radius 2 is 1.44 bits per heavy atom. The first-order valence-corrected chi connectivity index (χ1v) is 9.78. The van der Waals surface area contributed by atoms with E-state index < -0.39 is 0 Å². The molecule has 3 aliphatic rings.